The van der Waals surface area contributed by atoms with E-state index in [2.05, 4.69) is 24.9 Å². The van der Waals surface area contributed by atoms with Crippen LogP contribution in [-0.2, 0) is 6.54 Å². The zero-order chi connectivity index (χ0) is 14.8. The molecule has 4 heteroatoms. The van der Waals surface area contributed by atoms with Crippen molar-refractivity contribution in [3.05, 3.63) is 52.0 Å². The van der Waals surface area contributed by atoms with Gasteiger partial charge in [-0.15, -0.1) is 11.3 Å². The Balaban J connectivity index is 1.82. The lowest BCUT2D eigenvalue weighted by Crippen LogP contribution is -2.32. The smallest absolute Gasteiger partial charge is 0.254 e. The maximum atomic E-state index is 12.8. The largest absolute Gasteiger partial charge is 0.329 e. The molecule has 0 N–H and O–H groups in total. The Bertz CT molecular complexity index is 617. The lowest BCUT2D eigenvalue weighted by atomic mass is 10.0. The Labute approximate surface area is 129 Å². The molecule has 1 heterocycles. The van der Waals surface area contributed by atoms with E-state index in [4.69, 9.17) is 0 Å². The summed E-state index contributed by atoms with van der Waals surface area (Å²) in [5.74, 6) is 0.571. The van der Waals surface area contributed by atoms with Gasteiger partial charge in [0.15, 0.2) is 0 Å². The Morgan fingerprint density at radius 1 is 1.43 bits per heavy atom. The monoisotopic (exact) mass is 300 g/mol. The minimum absolute atomic E-state index is 0.134. The van der Waals surface area contributed by atoms with E-state index in [1.54, 1.807) is 17.5 Å². The van der Waals surface area contributed by atoms with Crippen LogP contribution in [-0.4, -0.2) is 21.8 Å². The van der Waals surface area contributed by atoms with Crippen LogP contribution in [0, 0.1) is 0 Å². The summed E-state index contributed by atoms with van der Waals surface area (Å²) in [6.45, 7) is 4.93. The molecular formula is C17H20N2OS. The van der Waals surface area contributed by atoms with Crippen molar-refractivity contribution in [2.75, 3.05) is 0 Å². The number of amides is 1. The summed E-state index contributed by atoms with van der Waals surface area (Å²) in [7, 11) is 0. The first kappa shape index (κ1) is 14.3. The van der Waals surface area contributed by atoms with Crippen LogP contribution in [0.3, 0.4) is 0 Å². The van der Waals surface area contributed by atoms with Crippen molar-refractivity contribution in [1.29, 1.82) is 0 Å². The number of carbonyl (C=O) groups excluding carboxylic acids is 1. The summed E-state index contributed by atoms with van der Waals surface area (Å²) in [6, 6.07) is 8.42. The van der Waals surface area contributed by atoms with E-state index in [1.165, 1.54) is 5.56 Å². The second kappa shape index (κ2) is 5.98. The maximum absolute atomic E-state index is 12.8. The zero-order valence-electron chi connectivity index (χ0n) is 12.5. The molecule has 0 unspecified atom stereocenters. The molecule has 21 heavy (non-hydrogen) atoms. The van der Waals surface area contributed by atoms with E-state index >= 15 is 0 Å². The molecule has 0 spiro atoms. The van der Waals surface area contributed by atoms with E-state index in [-0.39, 0.29) is 5.91 Å². The second-order valence-corrected chi connectivity index (χ2v) is 6.85. The second-order valence-electron chi connectivity index (χ2n) is 5.87. The number of carbonyl (C=O) groups is 1. The Morgan fingerprint density at radius 3 is 2.86 bits per heavy atom. The van der Waals surface area contributed by atoms with Crippen molar-refractivity contribution in [3.8, 4) is 0 Å². The third-order valence-electron chi connectivity index (χ3n) is 3.84. The molecule has 0 bridgehead atoms. The molecule has 3 nitrogen and oxygen atoms in total. The van der Waals surface area contributed by atoms with Gasteiger partial charge in [0.25, 0.3) is 5.91 Å². The lowest BCUT2D eigenvalue weighted by molar-refractivity contribution is 0.0729. The summed E-state index contributed by atoms with van der Waals surface area (Å²) >= 11 is 1.61. The molecule has 1 aromatic heterocycles. The quantitative estimate of drug-likeness (QED) is 0.834. The molecule has 110 valence electrons. The normalized spacial score (nSPS) is 14.4. The van der Waals surface area contributed by atoms with Crippen LogP contribution < -0.4 is 0 Å². The number of nitrogens with zero attached hydrogens (tertiary/aromatic N) is 2. The van der Waals surface area contributed by atoms with Gasteiger partial charge in [0, 0.05) is 23.2 Å². The molecule has 0 atom stereocenters. The van der Waals surface area contributed by atoms with Gasteiger partial charge in [-0.3, -0.25) is 4.79 Å². The van der Waals surface area contributed by atoms with Crippen LogP contribution in [0.5, 0.6) is 0 Å². The summed E-state index contributed by atoms with van der Waals surface area (Å²) in [6.07, 6.45) is 4.02. The number of aromatic nitrogens is 1. The zero-order valence-corrected chi connectivity index (χ0v) is 13.3. The maximum Gasteiger partial charge on any atom is 0.254 e. The molecule has 2 aromatic rings. The summed E-state index contributed by atoms with van der Waals surface area (Å²) < 4.78 is 0. The van der Waals surface area contributed by atoms with Gasteiger partial charge < -0.3 is 4.90 Å². The molecule has 1 aliphatic carbocycles. The molecule has 0 radical (unpaired) electrons. The van der Waals surface area contributed by atoms with E-state index in [1.807, 2.05) is 28.5 Å². The van der Waals surface area contributed by atoms with Crippen LogP contribution in [0.4, 0.5) is 0 Å². The fraction of sp³-hybridized carbons (Fsp3) is 0.412. The van der Waals surface area contributed by atoms with Gasteiger partial charge in [0.1, 0.15) is 5.01 Å². The minimum atomic E-state index is 0.134. The molecule has 1 fully saturated rings. The highest BCUT2D eigenvalue weighted by molar-refractivity contribution is 7.09. The molecule has 1 saturated carbocycles. The van der Waals surface area contributed by atoms with E-state index < -0.39 is 0 Å². The van der Waals surface area contributed by atoms with Gasteiger partial charge in [0.05, 0.1) is 6.54 Å². The predicted molar refractivity (Wildman–Crippen MR) is 85.5 cm³/mol. The van der Waals surface area contributed by atoms with Gasteiger partial charge in [-0.1, -0.05) is 26.0 Å². The lowest BCUT2D eigenvalue weighted by Gasteiger charge is -2.22. The van der Waals surface area contributed by atoms with Gasteiger partial charge >= 0.3 is 0 Å². The summed E-state index contributed by atoms with van der Waals surface area (Å²) in [4.78, 5) is 19.1. The molecule has 0 saturated heterocycles. The van der Waals surface area contributed by atoms with Crippen LogP contribution in [0.2, 0.25) is 0 Å². The number of hydrogen-bond acceptors (Lipinski definition) is 3. The third kappa shape index (κ3) is 3.32. The molecule has 3 rings (SSSR count). The first-order chi connectivity index (χ1) is 10.1. The number of thiazole rings is 1. The van der Waals surface area contributed by atoms with Crippen LogP contribution in [0.1, 0.15) is 53.5 Å². The number of hydrogen-bond donors (Lipinski definition) is 0. The third-order valence-corrected chi connectivity index (χ3v) is 4.60. The highest BCUT2D eigenvalue weighted by Crippen LogP contribution is 2.30. The SMILES string of the molecule is CC(C)c1cccc(C(=O)N(Cc2nccs2)C2CC2)c1. The topological polar surface area (TPSA) is 33.2 Å². The average Bonchev–Trinajstić information content (AvgIpc) is 3.20. The summed E-state index contributed by atoms with van der Waals surface area (Å²) in [5, 5.41) is 2.97. The molecule has 1 amide bonds. The Hall–Kier alpha value is -1.68. The van der Waals surface area contributed by atoms with Gasteiger partial charge in [-0.2, -0.15) is 0 Å². The first-order valence-electron chi connectivity index (χ1n) is 7.44. The molecule has 1 aliphatic rings. The van der Waals surface area contributed by atoms with Crippen molar-refractivity contribution < 1.29 is 4.79 Å². The van der Waals surface area contributed by atoms with Gasteiger partial charge in [-0.25, -0.2) is 4.98 Å². The molecule has 1 aromatic carbocycles. The Morgan fingerprint density at radius 2 is 2.24 bits per heavy atom. The highest BCUT2D eigenvalue weighted by atomic mass is 32.1. The fourth-order valence-electron chi connectivity index (χ4n) is 2.43. The van der Waals surface area contributed by atoms with Crippen LogP contribution >= 0.6 is 11.3 Å². The minimum Gasteiger partial charge on any atom is -0.329 e. The molecule has 0 aliphatic heterocycles. The van der Waals surface area contributed by atoms with E-state index in [0.717, 1.165) is 23.4 Å². The van der Waals surface area contributed by atoms with Crippen molar-refractivity contribution >= 4 is 17.2 Å². The van der Waals surface area contributed by atoms with E-state index in [9.17, 15) is 4.79 Å². The average molecular weight is 300 g/mol. The number of benzene rings is 1. The van der Waals surface area contributed by atoms with Crippen molar-refractivity contribution in [2.24, 2.45) is 0 Å². The fourth-order valence-corrected chi connectivity index (χ4v) is 3.04. The van der Waals surface area contributed by atoms with Crippen LogP contribution in [0.15, 0.2) is 35.8 Å². The summed E-state index contributed by atoms with van der Waals surface area (Å²) in [5.41, 5.74) is 2.01. The van der Waals surface area contributed by atoms with Crippen molar-refractivity contribution in [1.82, 2.24) is 9.88 Å². The van der Waals surface area contributed by atoms with Gasteiger partial charge in [0.2, 0.25) is 0 Å². The van der Waals surface area contributed by atoms with E-state index in [0.29, 0.717) is 18.5 Å². The van der Waals surface area contributed by atoms with Crippen LogP contribution in [0.25, 0.3) is 0 Å². The first-order valence-corrected chi connectivity index (χ1v) is 8.32. The predicted octanol–water partition coefficient (Wildman–Crippen LogP) is 4.07. The van der Waals surface area contributed by atoms with Gasteiger partial charge in [-0.05, 0) is 36.5 Å². The van der Waals surface area contributed by atoms with Crippen molar-refractivity contribution in [3.63, 3.8) is 0 Å². The Kier molecular flexibility index (Phi) is 4.06. The number of rotatable bonds is 5. The highest BCUT2D eigenvalue weighted by Gasteiger charge is 2.33. The van der Waals surface area contributed by atoms with Crippen molar-refractivity contribution in [2.45, 2.75) is 45.2 Å². The standard InChI is InChI=1S/C17H20N2OS/c1-12(2)13-4-3-5-14(10-13)17(20)19(15-6-7-15)11-16-18-8-9-21-16/h3-5,8-10,12,15H,6-7,11H2,1-2H3. The molecular weight excluding hydrogens is 280 g/mol.